The van der Waals surface area contributed by atoms with Gasteiger partial charge in [0.2, 0.25) is 0 Å². The fourth-order valence-electron chi connectivity index (χ4n) is 2.31. The number of hydrogen-bond donors (Lipinski definition) is 1. The topological polar surface area (TPSA) is 65.3 Å². The summed E-state index contributed by atoms with van der Waals surface area (Å²) < 4.78 is 0.492. The number of hydrogen-bond acceptors (Lipinski definition) is 6. The Hall–Kier alpha value is -2.51. The highest BCUT2D eigenvalue weighted by atomic mass is 32.2. The number of phenols is 1. The molecule has 0 radical (unpaired) electrons. The summed E-state index contributed by atoms with van der Waals surface area (Å²) in [5, 5.41) is 18.6. The van der Waals surface area contributed by atoms with Crippen LogP contribution in [-0.4, -0.2) is 27.3 Å². The van der Waals surface area contributed by atoms with E-state index in [2.05, 4.69) is 10.2 Å². The largest absolute Gasteiger partial charge is 0.507 e. The van der Waals surface area contributed by atoms with Crippen molar-refractivity contribution in [2.45, 2.75) is 13.8 Å². The third-order valence-electron chi connectivity index (χ3n) is 4.06. The Morgan fingerprint density at radius 2 is 1.73 bits per heavy atom. The summed E-state index contributed by atoms with van der Waals surface area (Å²) >= 11 is 6.33. The number of amides is 1. The minimum Gasteiger partial charge on any atom is -0.507 e. The van der Waals surface area contributed by atoms with Crippen molar-refractivity contribution in [2.75, 3.05) is 7.05 Å². The monoisotopic (exact) mass is 383 g/mol. The van der Waals surface area contributed by atoms with Gasteiger partial charge in [-0.3, -0.25) is 9.69 Å². The molecule has 2 aromatic rings. The van der Waals surface area contributed by atoms with E-state index >= 15 is 0 Å². The summed E-state index contributed by atoms with van der Waals surface area (Å²) in [4.78, 5) is 14.0. The lowest BCUT2D eigenvalue weighted by molar-refractivity contribution is -0.121. The number of likely N-dealkylation sites (N-methyl/N-ethyl adjacent to an activating group) is 1. The summed E-state index contributed by atoms with van der Waals surface area (Å²) in [6.45, 7) is 4.07. The molecule has 5 nitrogen and oxygen atoms in total. The maximum absolute atomic E-state index is 12.1. The fourth-order valence-corrected chi connectivity index (χ4v) is 3.48. The van der Waals surface area contributed by atoms with Gasteiger partial charge in [-0.2, -0.15) is 10.2 Å². The van der Waals surface area contributed by atoms with Crippen molar-refractivity contribution in [2.24, 2.45) is 10.2 Å². The van der Waals surface area contributed by atoms with E-state index in [0.717, 1.165) is 11.3 Å². The van der Waals surface area contributed by atoms with Gasteiger partial charge < -0.3 is 5.11 Å². The minimum atomic E-state index is -0.179. The van der Waals surface area contributed by atoms with Crippen molar-refractivity contribution in [3.05, 3.63) is 58.0 Å². The predicted octanol–water partition coefficient (Wildman–Crippen LogP) is 5.26. The smallest absolute Gasteiger partial charge is 0.265 e. The van der Waals surface area contributed by atoms with Crippen LogP contribution in [0.1, 0.15) is 16.7 Å². The molecule has 132 valence electrons. The van der Waals surface area contributed by atoms with Crippen LogP contribution < -0.4 is 0 Å². The normalized spacial score (nSPS) is 16.3. The molecule has 0 aliphatic carbocycles. The summed E-state index contributed by atoms with van der Waals surface area (Å²) in [6.07, 6.45) is 1.62. The zero-order valence-corrected chi connectivity index (χ0v) is 16.2. The van der Waals surface area contributed by atoms with Crippen molar-refractivity contribution in [1.29, 1.82) is 0 Å². The molecule has 0 aromatic heterocycles. The first-order valence-electron chi connectivity index (χ1n) is 7.89. The summed E-state index contributed by atoms with van der Waals surface area (Å²) in [7, 11) is 1.63. The number of azo groups is 1. The molecule has 26 heavy (non-hydrogen) atoms. The number of rotatable bonds is 3. The first-order valence-corrected chi connectivity index (χ1v) is 9.11. The number of phenolic OH excluding ortho intramolecular Hbond substituents is 1. The molecule has 1 amide bonds. The third kappa shape index (κ3) is 3.84. The van der Waals surface area contributed by atoms with E-state index in [9.17, 15) is 9.90 Å². The van der Waals surface area contributed by atoms with Gasteiger partial charge in [-0.05, 0) is 61.4 Å². The molecule has 0 spiro atoms. The van der Waals surface area contributed by atoms with Crippen LogP contribution in [0.25, 0.3) is 6.08 Å². The molecule has 3 rings (SSSR count). The molecular weight excluding hydrogens is 366 g/mol. The third-order valence-corrected chi connectivity index (χ3v) is 5.54. The minimum absolute atomic E-state index is 0.0662. The molecule has 2 aromatic carbocycles. The molecule has 1 fully saturated rings. The van der Waals surface area contributed by atoms with Crippen LogP contribution >= 0.6 is 24.0 Å². The Morgan fingerprint density at radius 3 is 2.35 bits per heavy atom. The van der Waals surface area contributed by atoms with Crippen molar-refractivity contribution in [1.82, 2.24) is 4.90 Å². The van der Waals surface area contributed by atoms with E-state index < -0.39 is 0 Å². The van der Waals surface area contributed by atoms with Crippen molar-refractivity contribution >= 4 is 51.7 Å². The second kappa shape index (κ2) is 7.39. The van der Waals surface area contributed by atoms with E-state index in [1.807, 2.05) is 32.0 Å². The number of carbonyl (C=O) groups is 1. The number of aromatic hydroxyl groups is 1. The average molecular weight is 383 g/mol. The maximum atomic E-state index is 12.1. The molecule has 0 bridgehead atoms. The summed E-state index contributed by atoms with van der Waals surface area (Å²) in [5.74, 6) is -0.113. The molecule has 0 atom stereocenters. The Kier molecular flexibility index (Phi) is 5.20. The predicted molar refractivity (Wildman–Crippen MR) is 109 cm³/mol. The standard InChI is InChI=1S/C19H17N3O2S2/c1-11-4-5-14(8-12(11)2)20-21-15-6-7-16(23)13(9-15)10-17-18(24)22(3)19(25)26-17/h4-10,23H,1-3H3/b17-10-,21-20?. The lowest BCUT2D eigenvalue weighted by atomic mass is 10.1. The number of benzene rings is 2. The summed E-state index contributed by atoms with van der Waals surface area (Å²) in [6, 6.07) is 10.8. The van der Waals surface area contributed by atoms with E-state index in [0.29, 0.717) is 20.5 Å². The van der Waals surface area contributed by atoms with Crippen LogP contribution in [0.5, 0.6) is 5.75 Å². The number of carbonyl (C=O) groups excluding carboxylic acids is 1. The van der Waals surface area contributed by atoms with E-state index in [1.54, 1.807) is 25.3 Å². The first kappa shape index (κ1) is 18.3. The maximum Gasteiger partial charge on any atom is 0.265 e. The fraction of sp³-hybridized carbons (Fsp3) is 0.158. The highest BCUT2D eigenvalue weighted by Crippen LogP contribution is 2.34. The lowest BCUT2D eigenvalue weighted by Crippen LogP contribution is -2.22. The zero-order valence-electron chi connectivity index (χ0n) is 14.6. The van der Waals surface area contributed by atoms with Crippen LogP contribution in [0.3, 0.4) is 0 Å². The molecule has 1 heterocycles. The Morgan fingerprint density at radius 1 is 1.08 bits per heavy atom. The van der Waals surface area contributed by atoms with Crippen molar-refractivity contribution < 1.29 is 9.90 Å². The highest BCUT2D eigenvalue weighted by molar-refractivity contribution is 8.26. The SMILES string of the molecule is Cc1ccc(N=Nc2ccc(O)c(/C=C3\SC(=S)N(C)C3=O)c2)cc1C. The van der Waals surface area contributed by atoms with Crippen LogP contribution in [0.2, 0.25) is 0 Å². The Balaban J connectivity index is 1.88. The van der Waals surface area contributed by atoms with Crippen LogP contribution in [-0.2, 0) is 4.79 Å². The molecule has 0 saturated carbocycles. The highest BCUT2D eigenvalue weighted by Gasteiger charge is 2.28. The van der Waals surface area contributed by atoms with Gasteiger partial charge in [-0.1, -0.05) is 30.0 Å². The van der Waals surface area contributed by atoms with Crippen LogP contribution in [0.4, 0.5) is 11.4 Å². The van der Waals surface area contributed by atoms with Gasteiger partial charge in [-0.25, -0.2) is 0 Å². The number of nitrogens with zero attached hydrogens (tertiary/aromatic N) is 3. The van der Waals surface area contributed by atoms with Gasteiger partial charge in [0.1, 0.15) is 10.1 Å². The number of thiocarbonyl (C=S) groups is 1. The van der Waals surface area contributed by atoms with Crippen LogP contribution in [0, 0.1) is 13.8 Å². The second-order valence-corrected chi connectivity index (χ2v) is 7.63. The lowest BCUT2D eigenvalue weighted by Gasteiger charge is -2.04. The quantitative estimate of drug-likeness (QED) is 0.446. The van der Waals surface area contributed by atoms with Crippen LogP contribution in [0.15, 0.2) is 51.5 Å². The number of thioether (sulfide) groups is 1. The van der Waals surface area contributed by atoms with Crippen molar-refractivity contribution in [3.63, 3.8) is 0 Å². The summed E-state index contributed by atoms with van der Waals surface area (Å²) in [5.41, 5.74) is 4.18. The van der Waals surface area contributed by atoms with Gasteiger partial charge in [0.05, 0.1) is 16.3 Å². The van der Waals surface area contributed by atoms with Gasteiger partial charge in [0.15, 0.2) is 0 Å². The molecule has 1 aliphatic rings. The molecule has 0 unspecified atom stereocenters. The average Bonchev–Trinajstić information content (AvgIpc) is 2.85. The molecule has 1 saturated heterocycles. The Bertz CT molecular complexity index is 967. The molecular formula is C19H17N3O2S2. The van der Waals surface area contributed by atoms with Crippen molar-refractivity contribution in [3.8, 4) is 5.75 Å². The van der Waals surface area contributed by atoms with Gasteiger partial charge in [0.25, 0.3) is 5.91 Å². The van der Waals surface area contributed by atoms with E-state index in [-0.39, 0.29) is 11.7 Å². The van der Waals surface area contributed by atoms with Gasteiger partial charge >= 0.3 is 0 Å². The second-order valence-electron chi connectivity index (χ2n) is 5.95. The van der Waals surface area contributed by atoms with E-state index in [1.165, 1.54) is 28.3 Å². The van der Waals surface area contributed by atoms with Gasteiger partial charge in [0, 0.05) is 12.6 Å². The zero-order chi connectivity index (χ0) is 18.8. The Labute approximate surface area is 161 Å². The first-order chi connectivity index (χ1) is 12.3. The molecule has 1 N–H and O–H groups in total. The molecule has 1 aliphatic heterocycles. The molecule has 7 heteroatoms. The van der Waals surface area contributed by atoms with Gasteiger partial charge in [-0.15, -0.1) is 0 Å². The van der Waals surface area contributed by atoms with E-state index in [4.69, 9.17) is 12.2 Å². The number of aryl methyl sites for hydroxylation is 2.